The normalized spacial score (nSPS) is 12.0. The SMILES string of the molecule is COC(=O)C(NC(=O)CCc1ccncc1)C(C)C. The van der Waals surface area contributed by atoms with Crippen LogP contribution < -0.4 is 5.32 Å². The number of nitrogens with zero attached hydrogens (tertiary/aromatic N) is 1. The predicted molar refractivity (Wildman–Crippen MR) is 71.3 cm³/mol. The van der Waals surface area contributed by atoms with Crippen LogP contribution in [0.25, 0.3) is 0 Å². The maximum Gasteiger partial charge on any atom is 0.328 e. The van der Waals surface area contributed by atoms with Gasteiger partial charge < -0.3 is 10.1 Å². The lowest BCUT2D eigenvalue weighted by atomic mass is 10.0. The molecule has 1 rings (SSSR count). The van der Waals surface area contributed by atoms with Crippen molar-refractivity contribution in [3.05, 3.63) is 30.1 Å². The molecule has 1 amide bonds. The summed E-state index contributed by atoms with van der Waals surface area (Å²) in [4.78, 5) is 27.3. The van der Waals surface area contributed by atoms with Gasteiger partial charge in [-0.25, -0.2) is 4.79 Å². The summed E-state index contributed by atoms with van der Waals surface area (Å²) in [6.07, 6.45) is 4.35. The van der Waals surface area contributed by atoms with Crippen molar-refractivity contribution in [1.82, 2.24) is 10.3 Å². The third-order valence-electron chi connectivity index (χ3n) is 2.83. The number of aromatic nitrogens is 1. The van der Waals surface area contributed by atoms with Crippen LogP contribution in [0.1, 0.15) is 25.8 Å². The molecule has 0 bridgehead atoms. The number of methoxy groups -OCH3 is 1. The molecule has 1 heterocycles. The number of carbonyl (C=O) groups is 2. The number of esters is 1. The average Bonchev–Trinajstić information content (AvgIpc) is 2.42. The van der Waals surface area contributed by atoms with Crippen molar-refractivity contribution in [3.8, 4) is 0 Å². The van der Waals surface area contributed by atoms with Crippen LogP contribution in [0.5, 0.6) is 0 Å². The van der Waals surface area contributed by atoms with Gasteiger partial charge in [0.2, 0.25) is 5.91 Å². The second-order valence-electron chi connectivity index (χ2n) is 4.67. The molecule has 0 aliphatic rings. The molecule has 104 valence electrons. The summed E-state index contributed by atoms with van der Waals surface area (Å²) < 4.78 is 4.68. The van der Waals surface area contributed by atoms with E-state index < -0.39 is 12.0 Å². The topological polar surface area (TPSA) is 68.3 Å². The first-order valence-corrected chi connectivity index (χ1v) is 6.30. The van der Waals surface area contributed by atoms with Gasteiger partial charge in [0.1, 0.15) is 6.04 Å². The third kappa shape index (κ3) is 5.07. The summed E-state index contributed by atoms with van der Waals surface area (Å²) in [5.41, 5.74) is 1.05. The van der Waals surface area contributed by atoms with E-state index in [2.05, 4.69) is 15.0 Å². The summed E-state index contributed by atoms with van der Waals surface area (Å²) in [6.45, 7) is 3.73. The summed E-state index contributed by atoms with van der Waals surface area (Å²) in [6, 6.07) is 3.15. The largest absolute Gasteiger partial charge is 0.467 e. The number of pyridine rings is 1. The number of amides is 1. The minimum absolute atomic E-state index is 0.00248. The molecule has 1 N–H and O–H groups in total. The Morgan fingerprint density at radius 2 is 1.95 bits per heavy atom. The molecule has 5 heteroatoms. The van der Waals surface area contributed by atoms with Crippen LogP contribution in [-0.2, 0) is 20.7 Å². The highest BCUT2D eigenvalue weighted by Crippen LogP contribution is 2.05. The molecular formula is C14H20N2O3. The monoisotopic (exact) mass is 264 g/mol. The number of carbonyl (C=O) groups excluding carboxylic acids is 2. The van der Waals surface area contributed by atoms with Gasteiger partial charge in [-0.2, -0.15) is 0 Å². The minimum atomic E-state index is -0.588. The number of ether oxygens (including phenoxy) is 1. The molecule has 1 aromatic rings. The Hall–Kier alpha value is -1.91. The number of rotatable bonds is 6. The lowest BCUT2D eigenvalue weighted by Crippen LogP contribution is -2.45. The molecule has 0 saturated carbocycles. The lowest BCUT2D eigenvalue weighted by molar-refractivity contribution is -0.146. The molecule has 19 heavy (non-hydrogen) atoms. The zero-order valence-corrected chi connectivity index (χ0v) is 11.6. The van der Waals surface area contributed by atoms with E-state index in [9.17, 15) is 9.59 Å². The molecule has 0 saturated heterocycles. The molecule has 0 spiro atoms. The number of nitrogens with one attached hydrogen (secondary N) is 1. The van der Waals surface area contributed by atoms with Crippen molar-refractivity contribution < 1.29 is 14.3 Å². The predicted octanol–water partition coefficient (Wildman–Crippen LogP) is 1.33. The fourth-order valence-electron chi connectivity index (χ4n) is 1.68. The second kappa shape index (κ2) is 7.51. The van der Waals surface area contributed by atoms with Crippen LogP contribution in [0.2, 0.25) is 0 Å². The first kappa shape index (κ1) is 15.1. The lowest BCUT2D eigenvalue weighted by Gasteiger charge is -2.19. The van der Waals surface area contributed by atoms with Crippen LogP contribution in [-0.4, -0.2) is 30.0 Å². The molecule has 1 unspecified atom stereocenters. The van der Waals surface area contributed by atoms with E-state index in [1.54, 1.807) is 12.4 Å². The maximum absolute atomic E-state index is 11.8. The molecule has 0 aliphatic heterocycles. The van der Waals surface area contributed by atoms with Gasteiger partial charge in [0.05, 0.1) is 7.11 Å². The summed E-state index contributed by atoms with van der Waals surface area (Å²) >= 11 is 0. The fraction of sp³-hybridized carbons (Fsp3) is 0.500. The van der Waals surface area contributed by atoms with Gasteiger partial charge in [-0.05, 0) is 30.0 Å². The Balaban J connectivity index is 2.47. The van der Waals surface area contributed by atoms with Crippen molar-refractivity contribution in [1.29, 1.82) is 0 Å². The quantitative estimate of drug-likeness (QED) is 0.787. The third-order valence-corrected chi connectivity index (χ3v) is 2.83. The van der Waals surface area contributed by atoms with Gasteiger partial charge in [-0.3, -0.25) is 9.78 Å². The number of aryl methyl sites for hydroxylation is 1. The first-order chi connectivity index (χ1) is 9.04. The van der Waals surface area contributed by atoms with Crippen molar-refractivity contribution in [2.45, 2.75) is 32.7 Å². The zero-order valence-electron chi connectivity index (χ0n) is 11.6. The van der Waals surface area contributed by atoms with Crippen molar-refractivity contribution in [3.63, 3.8) is 0 Å². The summed E-state index contributed by atoms with van der Waals surface area (Å²) in [7, 11) is 1.32. The van der Waals surface area contributed by atoms with Gasteiger partial charge in [0.15, 0.2) is 0 Å². The van der Waals surface area contributed by atoms with E-state index in [4.69, 9.17) is 0 Å². The maximum atomic E-state index is 11.8. The molecule has 1 atom stereocenters. The van der Waals surface area contributed by atoms with E-state index in [-0.39, 0.29) is 11.8 Å². The van der Waals surface area contributed by atoms with Gasteiger partial charge in [0, 0.05) is 18.8 Å². The summed E-state index contributed by atoms with van der Waals surface area (Å²) in [5.74, 6) is -0.564. The standard InChI is InChI=1S/C14H20N2O3/c1-10(2)13(14(18)19-3)16-12(17)5-4-11-6-8-15-9-7-11/h6-10,13H,4-5H2,1-3H3,(H,16,17). The van der Waals surface area contributed by atoms with Gasteiger partial charge in [0.25, 0.3) is 0 Å². The molecule has 1 aromatic heterocycles. The molecule has 0 aliphatic carbocycles. The van der Waals surface area contributed by atoms with Crippen molar-refractivity contribution >= 4 is 11.9 Å². The first-order valence-electron chi connectivity index (χ1n) is 6.30. The van der Waals surface area contributed by atoms with Crippen LogP contribution in [0.3, 0.4) is 0 Å². The highest BCUT2D eigenvalue weighted by molar-refractivity contribution is 5.84. The number of hydrogen-bond donors (Lipinski definition) is 1. The highest BCUT2D eigenvalue weighted by atomic mass is 16.5. The van der Waals surface area contributed by atoms with E-state index in [1.807, 2.05) is 26.0 Å². The van der Waals surface area contributed by atoms with Crippen LogP contribution in [0.15, 0.2) is 24.5 Å². The minimum Gasteiger partial charge on any atom is -0.467 e. The summed E-state index contributed by atoms with van der Waals surface area (Å²) in [5, 5.41) is 2.71. The van der Waals surface area contributed by atoms with Crippen LogP contribution in [0.4, 0.5) is 0 Å². The van der Waals surface area contributed by atoms with Crippen molar-refractivity contribution in [2.24, 2.45) is 5.92 Å². The average molecular weight is 264 g/mol. The molecule has 0 fully saturated rings. The van der Waals surface area contributed by atoms with Gasteiger partial charge >= 0.3 is 5.97 Å². The van der Waals surface area contributed by atoms with E-state index in [1.165, 1.54) is 7.11 Å². The molecule has 0 radical (unpaired) electrons. The molecule has 0 aromatic carbocycles. The Morgan fingerprint density at radius 1 is 1.32 bits per heavy atom. The number of hydrogen-bond acceptors (Lipinski definition) is 4. The Labute approximate surface area is 113 Å². The van der Waals surface area contributed by atoms with Crippen LogP contribution in [0, 0.1) is 5.92 Å². The van der Waals surface area contributed by atoms with Gasteiger partial charge in [-0.1, -0.05) is 13.8 Å². The Kier molecular flexibility index (Phi) is 5.99. The zero-order chi connectivity index (χ0) is 14.3. The van der Waals surface area contributed by atoms with Gasteiger partial charge in [-0.15, -0.1) is 0 Å². The second-order valence-corrected chi connectivity index (χ2v) is 4.67. The highest BCUT2D eigenvalue weighted by Gasteiger charge is 2.24. The van der Waals surface area contributed by atoms with E-state index in [0.29, 0.717) is 12.8 Å². The smallest absolute Gasteiger partial charge is 0.328 e. The van der Waals surface area contributed by atoms with E-state index >= 15 is 0 Å². The van der Waals surface area contributed by atoms with E-state index in [0.717, 1.165) is 5.56 Å². The fourth-order valence-corrected chi connectivity index (χ4v) is 1.68. The molecule has 5 nitrogen and oxygen atoms in total. The Bertz CT molecular complexity index is 418. The molecular weight excluding hydrogens is 244 g/mol. The Morgan fingerprint density at radius 3 is 2.47 bits per heavy atom. The van der Waals surface area contributed by atoms with Crippen LogP contribution >= 0.6 is 0 Å². The van der Waals surface area contributed by atoms with Crippen molar-refractivity contribution in [2.75, 3.05) is 7.11 Å².